The fourth-order valence-electron chi connectivity index (χ4n) is 3.84. The van der Waals surface area contributed by atoms with Crippen molar-refractivity contribution in [3.63, 3.8) is 0 Å². The lowest BCUT2D eigenvalue weighted by Gasteiger charge is -2.40. The Hall–Kier alpha value is -1.71. The molecule has 0 saturated carbocycles. The number of ether oxygens (including phenoxy) is 1. The molecule has 4 heterocycles. The molecule has 1 saturated heterocycles. The van der Waals surface area contributed by atoms with Crippen LogP contribution in [-0.2, 0) is 13.6 Å². The van der Waals surface area contributed by atoms with Crippen LogP contribution in [0.1, 0.15) is 54.2 Å². The Labute approximate surface area is 226 Å². The van der Waals surface area contributed by atoms with E-state index in [1.807, 2.05) is 9.95 Å². The smallest absolute Gasteiger partial charge is 0.222 e. The van der Waals surface area contributed by atoms with Gasteiger partial charge in [0.15, 0.2) is 22.3 Å². The van der Waals surface area contributed by atoms with Gasteiger partial charge in [-0.15, -0.1) is 11.3 Å². The molecule has 37 heavy (non-hydrogen) atoms. The lowest BCUT2D eigenvalue weighted by molar-refractivity contribution is -0.0383. The van der Waals surface area contributed by atoms with Gasteiger partial charge in [0.2, 0.25) is 5.95 Å². The second-order valence-corrected chi connectivity index (χ2v) is 23.4. The Morgan fingerprint density at radius 3 is 2.32 bits per heavy atom. The second-order valence-electron chi connectivity index (χ2n) is 12.9. The molecular formula is C25H42N6O3SSi2. The molecular weight excluding hydrogens is 521 g/mol. The number of aromatic nitrogens is 5. The first-order valence-corrected chi connectivity index (χ1v) is 19.6. The normalized spacial score (nSPS) is 21.7. The van der Waals surface area contributed by atoms with Crippen LogP contribution in [0.25, 0.3) is 21.9 Å². The molecule has 0 amide bonds. The molecule has 0 radical (unpaired) electrons. The van der Waals surface area contributed by atoms with Crippen LogP contribution in [0.15, 0.2) is 17.9 Å². The van der Waals surface area contributed by atoms with Crippen molar-refractivity contribution in [2.75, 3.05) is 12.3 Å². The van der Waals surface area contributed by atoms with E-state index in [9.17, 15) is 0 Å². The second kappa shape index (κ2) is 9.80. The summed E-state index contributed by atoms with van der Waals surface area (Å²) in [5.74, 6) is 0.185. The standard InChI is InChI=1S/C25H42N6O3SSi2/c1-24(2,3)36(7,8)32-14-17-16(34-37(9,10)25(4,5)6)13-18(33-17)31-15-28-19-20(22-27-11-12-35-22)29-23(26)30-21(19)31/h11-12,15-18H,13-14H2,1-10H3,(H2,26,29,30)/t16-,17+,18+/m0/s1. The Morgan fingerprint density at radius 2 is 1.73 bits per heavy atom. The topological polar surface area (TPSA) is 110 Å². The van der Waals surface area contributed by atoms with Gasteiger partial charge < -0.3 is 19.3 Å². The number of nitrogen functional groups attached to an aromatic ring is 1. The van der Waals surface area contributed by atoms with Crippen molar-refractivity contribution >= 4 is 45.1 Å². The first-order chi connectivity index (χ1) is 17.0. The van der Waals surface area contributed by atoms with Gasteiger partial charge in [-0.2, -0.15) is 4.98 Å². The third-order valence-electron chi connectivity index (χ3n) is 8.23. The molecule has 0 spiro atoms. The highest BCUT2D eigenvalue weighted by Gasteiger charge is 2.47. The maximum atomic E-state index is 6.92. The Morgan fingerprint density at radius 1 is 1.05 bits per heavy atom. The van der Waals surface area contributed by atoms with Crippen LogP contribution < -0.4 is 5.73 Å². The number of fused-ring (bicyclic) bond motifs is 1. The first-order valence-electron chi connectivity index (χ1n) is 12.9. The molecule has 3 atom stereocenters. The molecule has 1 aliphatic heterocycles. The molecule has 2 N–H and O–H groups in total. The lowest BCUT2D eigenvalue weighted by Crippen LogP contribution is -2.48. The molecule has 0 aromatic carbocycles. The number of imidazole rings is 1. The van der Waals surface area contributed by atoms with Gasteiger partial charge in [0.25, 0.3) is 0 Å². The van der Waals surface area contributed by atoms with E-state index in [1.54, 1.807) is 12.5 Å². The molecule has 204 valence electrons. The molecule has 0 unspecified atom stereocenters. The van der Waals surface area contributed by atoms with Gasteiger partial charge in [0.1, 0.15) is 28.6 Å². The molecule has 1 fully saturated rings. The van der Waals surface area contributed by atoms with E-state index in [2.05, 4.69) is 87.7 Å². The highest BCUT2D eigenvalue weighted by Crippen LogP contribution is 2.43. The van der Waals surface area contributed by atoms with Crippen LogP contribution >= 0.6 is 11.3 Å². The molecule has 3 aromatic heterocycles. The zero-order chi connectivity index (χ0) is 27.4. The minimum Gasteiger partial charge on any atom is -0.414 e. The summed E-state index contributed by atoms with van der Waals surface area (Å²) in [6, 6.07) is 0. The fourth-order valence-corrected chi connectivity index (χ4v) is 6.84. The lowest BCUT2D eigenvalue weighted by atomic mass is 10.2. The first kappa shape index (κ1) is 28.3. The summed E-state index contributed by atoms with van der Waals surface area (Å²) in [5, 5.41) is 2.87. The van der Waals surface area contributed by atoms with Gasteiger partial charge >= 0.3 is 0 Å². The van der Waals surface area contributed by atoms with E-state index in [0.29, 0.717) is 29.9 Å². The predicted molar refractivity (Wildman–Crippen MR) is 155 cm³/mol. The quantitative estimate of drug-likeness (QED) is 0.337. The van der Waals surface area contributed by atoms with Crippen LogP contribution in [0, 0.1) is 0 Å². The Kier molecular flexibility index (Phi) is 7.49. The minimum atomic E-state index is -2.05. The number of rotatable bonds is 7. The van der Waals surface area contributed by atoms with Crippen LogP contribution in [0.2, 0.25) is 36.3 Å². The van der Waals surface area contributed by atoms with Crippen molar-refractivity contribution in [2.24, 2.45) is 0 Å². The monoisotopic (exact) mass is 562 g/mol. The number of anilines is 1. The largest absolute Gasteiger partial charge is 0.414 e. The van der Waals surface area contributed by atoms with Crippen molar-refractivity contribution in [2.45, 2.75) is 103 Å². The summed E-state index contributed by atoms with van der Waals surface area (Å²) < 4.78 is 22.2. The van der Waals surface area contributed by atoms with E-state index in [1.165, 1.54) is 11.3 Å². The zero-order valence-corrected chi connectivity index (χ0v) is 26.6. The SMILES string of the molecule is CC(C)(C)[Si](C)(C)OC[C@H]1O[C@@H](n2cnc3c(-c4nccs4)nc(N)nc32)C[C@@H]1O[Si](C)(C)C(C)(C)C. The molecule has 12 heteroatoms. The number of hydrogen-bond donors (Lipinski definition) is 1. The molecule has 1 aliphatic rings. The summed E-state index contributed by atoms with van der Waals surface area (Å²) in [5.41, 5.74) is 8.06. The van der Waals surface area contributed by atoms with Crippen molar-refractivity contribution in [3.8, 4) is 10.7 Å². The summed E-state index contributed by atoms with van der Waals surface area (Å²) in [4.78, 5) is 18.0. The molecule has 0 bridgehead atoms. The molecule has 9 nitrogen and oxygen atoms in total. The highest BCUT2D eigenvalue weighted by atomic mass is 32.1. The summed E-state index contributed by atoms with van der Waals surface area (Å²) in [6.45, 7) is 23.2. The van der Waals surface area contributed by atoms with E-state index >= 15 is 0 Å². The van der Waals surface area contributed by atoms with Gasteiger partial charge in [-0.3, -0.25) is 4.57 Å². The maximum Gasteiger partial charge on any atom is 0.222 e. The fraction of sp³-hybridized carbons (Fsp3) is 0.680. The van der Waals surface area contributed by atoms with Crippen molar-refractivity contribution < 1.29 is 13.6 Å². The van der Waals surface area contributed by atoms with Crippen molar-refractivity contribution in [1.82, 2.24) is 24.5 Å². The van der Waals surface area contributed by atoms with E-state index in [0.717, 1.165) is 5.01 Å². The van der Waals surface area contributed by atoms with E-state index < -0.39 is 16.6 Å². The third kappa shape index (κ3) is 5.69. The van der Waals surface area contributed by atoms with Gasteiger partial charge in [-0.1, -0.05) is 41.5 Å². The van der Waals surface area contributed by atoms with E-state index in [-0.39, 0.29) is 34.5 Å². The predicted octanol–water partition coefficient (Wildman–Crippen LogP) is 6.23. The summed E-state index contributed by atoms with van der Waals surface area (Å²) in [7, 11) is -4.01. The van der Waals surface area contributed by atoms with Crippen LogP contribution in [0.4, 0.5) is 5.95 Å². The van der Waals surface area contributed by atoms with Crippen molar-refractivity contribution in [1.29, 1.82) is 0 Å². The third-order valence-corrected chi connectivity index (χ3v) is 18.0. The molecule has 3 aromatic rings. The number of nitrogens with zero attached hydrogens (tertiary/aromatic N) is 5. The summed E-state index contributed by atoms with van der Waals surface area (Å²) >= 11 is 1.50. The summed E-state index contributed by atoms with van der Waals surface area (Å²) in [6.07, 6.45) is 3.61. The zero-order valence-electron chi connectivity index (χ0n) is 23.8. The number of nitrogens with two attached hydrogens (primary N) is 1. The highest BCUT2D eigenvalue weighted by molar-refractivity contribution is 7.13. The van der Waals surface area contributed by atoms with Crippen LogP contribution in [0.5, 0.6) is 0 Å². The van der Waals surface area contributed by atoms with Crippen LogP contribution in [0.3, 0.4) is 0 Å². The Balaban J connectivity index is 1.66. The molecule has 0 aliphatic carbocycles. The average molecular weight is 563 g/mol. The maximum absolute atomic E-state index is 6.92. The number of hydrogen-bond acceptors (Lipinski definition) is 9. The minimum absolute atomic E-state index is 0.0852. The van der Waals surface area contributed by atoms with E-state index in [4.69, 9.17) is 19.3 Å². The van der Waals surface area contributed by atoms with Gasteiger partial charge in [0.05, 0.1) is 19.0 Å². The molecule has 4 rings (SSSR count). The van der Waals surface area contributed by atoms with Crippen molar-refractivity contribution in [3.05, 3.63) is 17.9 Å². The van der Waals surface area contributed by atoms with Gasteiger partial charge in [-0.05, 0) is 36.3 Å². The number of thiazole rings is 1. The van der Waals surface area contributed by atoms with Gasteiger partial charge in [0, 0.05) is 18.0 Å². The Bertz CT molecular complexity index is 1230. The average Bonchev–Trinajstić information content (AvgIpc) is 3.49. The van der Waals surface area contributed by atoms with Crippen LogP contribution in [-0.4, -0.2) is 60.0 Å². The van der Waals surface area contributed by atoms with Gasteiger partial charge in [-0.25, -0.2) is 15.0 Å².